The lowest BCUT2D eigenvalue weighted by Gasteiger charge is -2.10. The van der Waals surface area contributed by atoms with E-state index in [0.29, 0.717) is 5.82 Å². The van der Waals surface area contributed by atoms with Crippen LogP contribution in [-0.2, 0) is 7.05 Å². The minimum Gasteiger partial charge on any atom is -0.496 e. The Bertz CT molecular complexity index is 1440. The van der Waals surface area contributed by atoms with Crippen molar-refractivity contribution in [2.75, 3.05) is 12.4 Å². The molecule has 5 aromatic rings. The summed E-state index contributed by atoms with van der Waals surface area (Å²) in [4.78, 5) is 12.7. The third-order valence-corrected chi connectivity index (χ3v) is 5.45. The zero-order chi connectivity index (χ0) is 21.9. The maximum Gasteiger partial charge on any atom is 0.144 e. The van der Waals surface area contributed by atoms with E-state index in [9.17, 15) is 0 Å². The van der Waals surface area contributed by atoms with E-state index in [4.69, 9.17) is 9.26 Å². The maximum absolute atomic E-state index is 5.75. The molecule has 0 saturated heterocycles. The van der Waals surface area contributed by atoms with Gasteiger partial charge in [0, 0.05) is 29.7 Å². The predicted molar refractivity (Wildman–Crippen MR) is 119 cm³/mol. The Hall–Kier alpha value is -3.88. The van der Waals surface area contributed by atoms with Crippen LogP contribution in [0, 0.1) is 27.7 Å². The fraction of sp³-hybridized carbons (Fsp3) is 0.273. The molecule has 0 bridgehead atoms. The van der Waals surface area contributed by atoms with Crippen molar-refractivity contribution in [3.63, 3.8) is 0 Å². The van der Waals surface area contributed by atoms with Gasteiger partial charge in [0.15, 0.2) is 0 Å². The Morgan fingerprint density at radius 2 is 1.90 bits per heavy atom. The zero-order valence-electron chi connectivity index (χ0n) is 18.3. The van der Waals surface area contributed by atoms with Crippen LogP contribution in [0.3, 0.4) is 0 Å². The summed E-state index contributed by atoms with van der Waals surface area (Å²) in [6, 6.07) is 4.06. The normalized spacial score (nSPS) is 11.5. The third kappa shape index (κ3) is 3.00. The van der Waals surface area contributed by atoms with Gasteiger partial charge >= 0.3 is 0 Å². The van der Waals surface area contributed by atoms with Gasteiger partial charge in [0.25, 0.3) is 0 Å². The molecule has 0 saturated carbocycles. The van der Waals surface area contributed by atoms with Gasteiger partial charge in [0.2, 0.25) is 0 Å². The number of rotatable bonds is 4. The molecule has 9 nitrogen and oxygen atoms in total. The van der Waals surface area contributed by atoms with Crippen molar-refractivity contribution >= 4 is 33.4 Å². The number of benzene rings is 1. The SMILES string of the molecule is COc1cc2c(cc1-c1c(C)noc1C)[nH]c1nc(C)nc(Nc3cn(C)nc3C)c12. The number of aryl methyl sites for hydroxylation is 5. The lowest BCUT2D eigenvalue weighted by atomic mass is 10.0. The fourth-order valence-corrected chi connectivity index (χ4v) is 4.11. The van der Waals surface area contributed by atoms with E-state index in [1.54, 1.807) is 11.8 Å². The van der Waals surface area contributed by atoms with E-state index in [1.807, 2.05) is 47.0 Å². The molecule has 0 amide bonds. The van der Waals surface area contributed by atoms with Gasteiger partial charge in [-0.05, 0) is 39.8 Å². The molecule has 4 heterocycles. The molecule has 0 spiro atoms. The fourth-order valence-electron chi connectivity index (χ4n) is 4.11. The van der Waals surface area contributed by atoms with Crippen LogP contribution in [0.5, 0.6) is 5.75 Å². The summed E-state index contributed by atoms with van der Waals surface area (Å²) >= 11 is 0. The standard InChI is InChI=1S/C22H23N7O2/c1-10-17(9-29(5)27-10)26-22-20-14-8-18(30-6)15(19-11(2)28-31-12(19)3)7-16(14)25-21(20)23-13(4)24-22/h7-9H,1-6H3,(H2,23,24,25,26). The van der Waals surface area contributed by atoms with Gasteiger partial charge in [0.1, 0.15) is 28.8 Å². The summed E-state index contributed by atoms with van der Waals surface area (Å²) in [6.45, 7) is 7.66. The molecular formula is C22H23N7O2. The van der Waals surface area contributed by atoms with E-state index < -0.39 is 0 Å². The first-order valence-electron chi connectivity index (χ1n) is 9.94. The van der Waals surface area contributed by atoms with E-state index >= 15 is 0 Å². The molecule has 0 aliphatic rings. The van der Waals surface area contributed by atoms with Crippen molar-refractivity contribution in [1.82, 2.24) is 29.9 Å². The zero-order valence-corrected chi connectivity index (χ0v) is 18.3. The lowest BCUT2D eigenvalue weighted by Crippen LogP contribution is -1.98. The Morgan fingerprint density at radius 1 is 1.10 bits per heavy atom. The summed E-state index contributed by atoms with van der Waals surface area (Å²) in [5.41, 5.74) is 6.14. The summed E-state index contributed by atoms with van der Waals surface area (Å²) in [7, 11) is 3.56. The lowest BCUT2D eigenvalue weighted by molar-refractivity contribution is 0.393. The Morgan fingerprint density at radius 3 is 2.55 bits per heavy atom. The smallest absolute Gasteiger partial charge is 0.144 e. The Kier molecular flexibility index (Phi) is 4.21. The molecule has 2 N–H and O–H groups in total. The van der Waals surface area contributed by atoms with E-state index in [2.05, 4.69) is 36.6 Å². The molecule has 158 valence electrons. The summed E-state index contributed by atoms with van der Waals surface area (Å²) in [5, 5.41) is 13.8. The van der Waals surface area contributed by atoms with Crippen molar-refractivity contribution in [2.45, 2.75) is 27.7 Å². The highest BCUT2D eigenvalue weighted by atomic mass is 16.5. The van der Waals surface area contributed by atoms with Crippen LogP contribution < -0.4 is 10.1 Å². The topological polar surface area (TPSA) is 107 Å². The minimum atomic E-state index is 0.668. The first-order chi connectivity index (χ1) is 14.9. The van der Waals surface area contributed by atoms with Crippen molar-refractivity contribution < 1.29 is 9.26 Å². The molecule has 0 aliphatic carbocycles. The van der Waals surface area contributed by atoms with Crippen LogP contribution in [0.15, 0.2) is 22.9 Å². The molecule has 1 aromatic carbocycles. The van der Waals surface area contributed by atoms with Crippen LogP contribution >= 0.6 is 0 Å². The van der Waals surface area contributed by atoms with Crippen LogP contribution in [0.25, 0.3) is 33.1 Å². The highest BCUT2D eigenvalue weighted by molar-refractivity contribution is 6.13. The van der Waals surface area contributed by atoms with Crippen LogP contribution in [0.4, 0.5) is 11.5 Å². The quantitative estimate of drug-likeness (QED) is 0.444. The number of methoxy groups -OCH3 is 1. The van der Waals surface area contributed by atoms with E-state index in [-0.39, 0.29) is 0 Å². The number of aromatic nitrogens is 6. The first kappa shape index (κ1) is 19.1. The molecule has 0 fully saturated rings. The number of H-pyrrole nitrogens is 1. The highest BCUT2D eigenvalue weighted by Crippen LogP contribution is 2.41. The number of anilines is 2. The number of nitrogens with one attached hydrogen (secondary N) is 2. The molecule has 31 heavy (non-hydrogen) atoms. The monoisotopic (exact) mass is 417 g/mol. The van der Waals surface area contributed by atoms with Crippen LogP contribution in [0.2, 0.25) is 0 Å². The molecule has 0 unspecified atom stereocenters. The van der Waals surface area contributed by atoms with Gasteiger partial charge in [-0.1, -0.05) is 5.16 Å². The Balaban J connectivity index is 1.77. The average molecular weight is 417 g/mol. The van der Waals surface area contributed by atoms with Gasteiger partial charge in [-0.15, -0.1) is 0 Å². The third-order valence-electron chi connectivity index (χ3n) is 5.45. The van der Waals surface area contributed by atoms with E-state index in [1.165, 1.54) is 0 Å². The summed E-state index contributed by atoms with van der Waals surface area (Å²) in [5.74, 6) is 2.86. The molecule has 4 aromatic heterocycles. The van der Waals surface area contributed by atoms with Crippen molar-refractivity contribution in [1.29, 1.82) is 0 Å². The summed E-state index contributed by atoms with van der Waals surface area (Å²) in [6.07, 6.45) is 1.93. The molecule has 9 heteroatoms. The van der Waals surface area contributed by atoms with E-state index in [0.717, 1.165) is 67.5 Å². The van der Waals surface area contributed by atoms with Crippen LogP contribution in [-0.4, -0.2) is 37.0 Å². The second-order valence-corrected chi connectivity index (χ2v) is 7.69. The van der Waals surface area contributed by atoms with Gasteiger partial charge in [-0.3, -0.25) is 4.68 Å². The minimum absolute atomic E-state index is 0.668. The molecule has 0 radical (unpaired) electrons. The number of hydrogen-bond acceptors (Lipinski definition) is 7. The number of nitrogens with zero attached hydrogens (tertiary/aromatic N) is 5. The largest absolute Gasteiger partial charge is 0.496 e. The number of hydrogen-bond donors (Lipinski definition) is 2. The van der Waals surface area contributed by atoms with Crippen molar-refractivity contribution in [2.24, 2.45) is 7.05 Å². The second kappa shape index (κ2) is 6.83. The highest BCUT2D eigenvalue weighted by Gasteiger charge is 2.21. The second-order valence-electron chi connectivity index (χ2n) is 7.69. The summed E-state index contributed by atoms with van der Waals surface area (Å²) < 4.78 is 12.9. The van der Waals surface area contributed by atoms with Crippen molar-refractivity contribution in [3.8, 4) is 16.9 Å². The predicted octanol–water partition coefficient (Wildman–Crippen LogP) is 4.49. The number of fused-ring (bicyclic) bond motifs is 3. The molecular weight excluding hydrogens is 394 g/mol. The van der Waals surface area contributed by atoms with Gasteiger partial charge in [-0.25, -0.2) is 9.97 Å². The Labute approximate surface area is 178 Å². The number of aromatic amines is 1. The molecule has 5 rings (SSSR count). The van der Waals surface area contributed by atoms with Gasteiger partial charge < -0.3 is 19.6 Å². The molecule has 0 aliphatic heterocycles. The first-order valence-corrected chi connectivity index (χ1v) is 9.94. The molecule has 0 atom stereocenters. The maximum atomic E-state index is 5.75. The van der Waals surface area contributed by atoms with Crippen LogP contribution in [0.1, 0.15) is 23.0 Å². The average Bonchev–Trinajstić information content (AvgIpc) is 3.34. The van der Waals surface area contributed by atoms with Gasteiger partial charge in [0.05, 0.1) is 35.1 Å². The van der Waals surface area contributed by atoms with Gasteiger partial charge in [-0.2, -0.15) is 5.10 Å². The number of ether oxygens (including phenoxy) is 1. The van der Waals surface area contributed by atoms with Crippen molar-refractivity contribution in [3.05, 3.63) is 41.3 Å².